The Kier molecular flexibility index (Phi) is 6.52. The summed E-state index contributed by atoms with van der Waals surface area (Å²) in [5, 5.41) is 12.7. The lowest BCUT2D eigenvalue weighted by Gasteiger charge is -2.15. The molecule has 4 nitrogen and oxygen atoms in total. The average Bonchev–Trinajstić information content (AvgIpc) is 2.54. The average molecular weight is 325 g/mol. The quantitative estimate of drug-likeness (QED) is 0.756. The van der Waals surface area contributed by atoms with Crippen LogP contribution in [-0.4, -0.2) is 24.2 Å². The van der Waals surface area contributed by atoms with Gasteiger partial charge in [0.15, 0.2) is 0 Å². The van der Waals surface area contributed by atoms with Gasteiger partial charge in [-0.15, -0.1) is 0 Å². The number of amides is 1. The predicted octanol–water partition coefficient (Wildman–Crippen LogP) is 3.33. The van der Waals surface area contributed by atoms with Gasteiger partial charge in [0.25, 0.3) is 0 Å². The first-order valence-electron chi connectivity index (χ1n) is 7.72. The van der Waals surface area contributed by atoms with Crippen molar-refractivity contribution < 1.29 is 23.4 Å². The summed E-state index contributed by atoms with van der Waals surface area (Å²) in [5.41, 5.74) is 1.68. The second-order valence-electron chi connectivity index (χ2n) is 5.55. The summed E-state index contributed by atoms with van der Waals surface area (Å²) in [5.74, 6) is -0.0842. The zero-order chi connectivity index (χ0) is 16.7. The number of nitrogens with one attached hydrogen (secondary N) is 1. The van der Waals surface area contributed by atoms with E-state index in [-0.39, 0.29) is 18.2 Å². The Bertz CT molecular complexity index is 543. The monoisotopic (exact) mass is 325 g/mol. The van der Waals surface area contributed by atoms with Gasteiger partial charge in [0.05, 0.1) is 6.10 Å². The van der Waals surface area contributed by atoms with Gasteiger partial charge in [-0.3, -0.25) is 4.79 Å². The zero-order valence-corrected chi connectivity index (χ0v) is 12.8. The summed E-state index contributed by atoms with van der Waals surface area (Å²) in [6.45, 7) is -2.79. The van der Waals surface area contributed by atoms with E-state index in [1.54, 1.807) is 0 Å². The van der Waals surface area contributed by atoms with Gasteiger partial charge in [0.2, 0.25) is 5.91 Å². The molecule has 0 radical (unpaired) electrons. The fraction of sp³-hybridized carbons (Fsp3) is 0.471. The molecular weight excluding hydrogens is 304 g/mol. The molecule has 126 valence electrons. The standard InChI is InChI=1S/C17H21F2NO3/c18-17(19)23-14-8-6-13(7-9-14)15(21)11-20-16(22)10-12-4-2-1-3-5-12/h4,6-9,15,17,21H,1-3,5,10-11H2,(H,20,22)/t15-/m1/s1. The van der Waals surface area contributed by atoms with Gasteiger partial charge >= 0.3 is 6.61 Å². The summed E-state index contributed by atoms with van der Waals surface area (Å²) < 4.78 is 28.4. The predicted molar refractivity (Wildman–Crippen MR) is 82.2 cm³/mol. The van der Waals surface area contributed by atoms with Crippen LogP contribution in [0.3, 0.4) is 0 Å². The lowest BCUT2D eigenvalue weighted by atomic mass is 9.97. The van der Waals surface area contributed by atoms with E-state index >= 15 is 0 Å². The zero-order valence-electron chi connectivity index (χ0n) is 12.8. The van der Waals surface area contributed by atoms with Crippen LogP contribution < -0.4 is 10.1 Å². The molecule has 1 aromatic rings. The van der Waals surface area contributed by atoms with Crippen LogP contribution in [0, 0.1) is 0 Å². The van der Waals surface area contributed by atoms with Gasteiger partial charge in [-0.25, -0.2) is 0 Å². The molecule has 1 aliphatic carbocycles. The molecule has 0 saturated carbocycles. The first-order chi connectivity index (χ1) is 11.0. The summed E-state index contributed by atoms with van der Waals surface area (Å²) >= 11 is 0. The number of alkyl halides is 2. The molecular formula is C17H21F2NO3. The molecule has 1 amide bonds. The van der Waals surface area contributed by atoms with Crippen molar-refractivity contribution >= 4 is 5.91 Å². The number of carbonyl (C=O) groups is 1. The molecule has 0 heterocycles. The first-order valence-corrected chi connectivity index (χ1v) is 7.72. The van der Waals surface area contributed by atoms with Gasteiger partial charge in [-0.05, 0) is 43.4 Å². The molecule has 2 N–H and O–H groups in total. The molecule has 0 saturated heterocycles. The van der Waals surface area contributed by atoms with E-state index in [0.29, 0.717) is 12.0 Å². The molecule has 1 aliphatic rings. The van der Waals surface area contributed by atoms with Gasteiger partial charge in [0, 0.05) is 13.0 Å². The molecule has 1 aromatic carbocycles. The Balaban J connectivity index is 1.78. The highest BCUT2D eigenvalue weighted by molar-refractivity contribution is 5.78. The summed E-state index contributed by atoms with van der Waals surface area (Å²) in [6.07, 6.45) is 5.87. The maximum Gasteiger partial charge on any atom is 0.387 e. The third-order valence-corrected chi connectivity index (χ3v) is 3.76. The van der Waals surface area contributed by atoms with E-state index in [9.17, 15) is 18.7 Å². The lowest BCUT2D eigenvalue weighted by Crippen LogP contribution is -2.28. The molecule has 0 aromatic heterocycles. The molecule has 23 heavy (non-hydrogen) atoms. The van der Waals surface area contributed by atoms with Crippen LogP contribution in [0.15, 0.2) is 35.9 Å². The van der Waals surface area contributed by atoms with Crippen LogP contribution >= 0.6 is 0 Å². The van der Waals surface area contributed by atoms with Crippen molar-refractivity contribution in [2.75, 3.05) is 6.54 Å². The first kappa shape index (κ1) is 17.4. The molecule has 6 heteroatoms. The van der Waals surface area contributed by atoms with Crippen LogP contribution in [0.25, 0.3) is 0 Å². The Morgan fingerprint density at radius 1 is 1.26 bits per heavy atom. The summed E-state index contributed by atoms with van der Waals surface area (Å²) in [7, 11) is 0. The lowest BCUT2D eigenvalue weighted by molar-refractivity contribution is -0.120. The van der Waals surface area contributed by atoms with Gasteiger partial charge in [-0.1, -0.05) is 23.8 Å². The van der Waals surface area contributed by atoms with Crippen LogP contribution in [0.2, 0.25) is 0 Å². The minimum Gasteiger partial charge on any atom is -0.435 e. The molecule has 0 aliphatic heterocycles. The molecule has 0 bridgehead atoms. The molecule has 0 fully saturated rings. The molecule has 2 rings (SSSR count). The maximum absolute atomic E-state index is 12.1. The third-order valence-electron chi connectivity index (χ3n) is 3.76. The number of carbonyl (C=O) groups excluding carboxylic acids is 1. The third kappa shape index (κ3) is 5.98. The van der Waals surface area contributed by atoms with Crippen LogP contribution in [0.5, 0.6) is 5.75 Å². The van der Waals surface area contributed by atoms with Crippen molar-refractivity contribution in [3.8, 4) is 5.75 Å². The fourth-order valence-electron chi connectivity index (χ4n) is 2.53. The van der Waals surface area contributed by atoms with E-state index in [4.69, 9.17) is 0 Å². The number of aliphatic hydroxyl groups is 1. The minimum atomic E-state index is -2.88. The molecule has 0 spiro atoms. The van der Waals surface area contributed by atoms with E-state index in [0.717, 1.165) is 24.8 Å². The Hall–Kier alpha value is -1.95. The smallest absolute Gasteiger partial charge is 0.387 e. The van der Waals surface area contributed by atoms with Crippen LogP contribution in [-0.2, 0) is 4.79 Å². The normalized spacial score (nSPS) is 15.9. The van der Waals surface area contributed by atoms with Gasteiger partial charge in [-0.2, -0.15) is 8.78 Å². The number of aliphatic hydroxyl groups excluding tert-OH is 1. The summed E-state index contributed by atoms with van der Waals surface area (Å²) in [4.78, 5) is 11.9. The maximum atomic E-state index is 12.1. The van der Waals surface area contributed by atoms with Crippen molar-refractivity contribution in [1.82, 2.24) is 5.32 Å². The van der Waals surface area contributed by atoms with Crippen molar-refractivity contribution in [2.24, 2.45) is 0 Å². The van der Waals surface area contributed by atoms with Crippen molar-refractivity contribution in [1.29, 1.82) is 0 Å². The highest BCUT2D eigenvalue weighted by atomic mass is 19.3. The largest absolute Gasteiger partial charge is 0.435 e. The number of allylic oxidation sites excluding steroid dienone is 1. The Morgan fingerprint density at radius 3 is 2.61 bits per heavy atom. The number of rotatable bonds is 7. The van der Waals surface area contributed by atoms with E-state index in [1.807, 2.05) is 0 Å². The number of halogens is 2. The fourth-order valence-corrected chi connectivity index (χ4v) is 2.53. The highest BCUT2D eigenvalue weighted by Gasteiger charge is 2.13. The van der Waals surface area contributed by atoms with Crippen LogP contribution in [0.1, 0.15) is 43.8 Å². The number of hydrogen-bond donors (Lipinski definition) is 2. The summed E-state index contributed by atoms with van der Waals surface area (Å²) in [6, 6.07) is 5.72. The van der Waals surface area contributed by atoms with Crippen molar-refractivity contribution in [2.45, 2.75) is 44.8 Å². The SMILES string of the molecule is O=C(CC1=CCCCC1)NC[C@@H](O)c1ccc(OC(F)F)cc1. The van der Waals surface area contributed by atoms with Crippen molar-refractivity contribution in [3.63, 3.8) is 0 Å². The number of benzene rings is 1. The topological polar surface area (TPSA) is 58.6 Å². The van der Waals surface area contributed by atoms with Crippen LogP contribution in [0.4, 0.5) is 8.78 Å². The molecule has 0 unspecified atom stereocenters. The second kappa shape index (κ2) is 8.62. The Labute approximate surface area is 134 Å². The number of ether oxygens (including phenoxy) is 1. The van der Waals surface area contributed by atoms with E-state index < -0.39 is 12.7 Å². The van der Waals surface area contributed by atoms with Gasteiger partial charge in [0.1, 0.15) is 5.75 Å². The minimum absolute atomic E-state index is 0.0317. The van der Waals surface area contributed by atoms with Crippen molar-refractivity contribution in [3.05, 3.63) is 41.5 Å². The highest BCUT2D eigenvalue weighted by Crippen LogP contribution is 2.21. The molecule has 1 atom stereocenters. The van der Waals surface area contributed by atoms with E-state index in [1.165, 1.54) is 30.7 Å². The Morgan fingerprint density at radius 2 is 2.00 bits per heavy atom. The number of hydrogen-bond acceptors (Lipinski definition) is 3. The van der Waals surface area contributed by atoms with E-state index in [2.05, 4.69) is 16.1 Å². The second-order valence-corrected chi connectivity index (χ2v) is 5.55. The van der Waals surface area contributed by atoms with Gasteiger partial charge < -0.3 is 15.2 Å².